The molecule has 0 amide bonds. The average Bonchev–Trinajstić information content (AvgIpc) is 2.34. The Morgan fingerprint density at radius 2 is 1.17 bits per heavy atom. The molecule has 0 aliphatic carbocycles. The lowest BCUT2D eigenvalue weighted by molar-refractivity contribution is 1.05. The third-order valence-corrected chi connectivity index (χ3v) is 3.20. The van der Waals surface area contributed by atoms with E-state index >= 15 is 0 Å². The van der Waals surface area contributed by atoms with Crippen LogP contribution in [0.2, 0.25) is 0 Å². The van der Waals surface area contributed by atoms with Gasteiger partial charge in [-0.2, -0.15) is 0 Å². The quantitative estimate of drug-likeness (QED) is 0.533. The Bertz CT molecular complexity index is 539. The van der Waals surface area contributed by atoms with Gasteiger partial charge in [0, 0.05) is 35.8 Å². The Balaban J connectivity index is 1.96. The molecule has 0 fully saturated rings. The van der Waals surface area contributed by atoms with Gasteiger partial charge >= 0.3 is 0 Å². The Labute approximate surface area is 106 Å². The van der Waals surface area contributed by atoms with E-state index in [-0.39, 0.29) is 0 Å². The Morgan fingerprint density at radius 1 is 0.722 bits per heavy atom. The van der Waals surface area contributed by atoms with Gasteiger partial charge in [-0.1, -0.05) is 0 Å². The molecular weight excluding hydrogens is 224 g/mol. The lowest BCUT2D eigenvalue weighted by Crippen LogP contribution is -2.13. The fraction of sp³-hybridized carbons (Fsp3) is 0.143. The third-order valence-electron chi connectivity index (χ3n) is 3.20. The molecule has 1 aliphatic rings. The minimum atomic E-state index is 0.754. The molecule has 0 bridgehead atoms. The summed E-state index contributed by atoms with van der Waals surface area (Å²) in [6, 6.07) is 11.9. The second-order valence-corrected chi connectivity index (χ2v) is 4.54. The molecule has 92 valence electrons. The van der Waals surface area contributed by atoms with E-state index < -0.39 is 0 Å². The summed E-state index contributed by atoms with van der Waals surface area (Å²) in [4.78, 5) is 0. The first-order chi connectivity index (χ1) is 8.72. The first-order valence-corrected chi connectivity index (χ1v) is 5.97. The normalized spacial score (nSPS) is 13.3. The zero-order valence-electron chi connectivity index (χ0n) is 10.0. The van der Waals surface area contributed by atoms with Gasteiger partial charge in [-0.05, 0) is 47.5 Å². The van der Waals surface area contributed by atoms with Crippen molar-refractivity contribution in [2.24, 2.45) is 0 Å². The van der Waals surface area contributed by atoms with E-state index in [1.807, 2.05) is 36.4 Å². The van der Waals surface area contributed by atoms with Crippen LogP contribution in [-0.2, 0) is 13.1 Å². The highest BCUT2D eigenvalue weighted by Crippen LogP contribution is 2.27. The maximum Gasteiger partial charge on any atom is 0.0422 e. The highest BCUT2D eigenvalue weighted by atomic mass is 14.9. The fourth-order valence-electron chi connectivity index (χ4n) is 2.25. The van der Waals surface area contributed by atoms with Crippen molar-refractivity contribution in [3.05, 3.63) is 47.5 Å². The number of nitrogens with two attached hydrogens (primary N) is 2. The molecule has 4 heteroatoms. The molecule has 18 heavy (non-hydrogen) atoms. The SMILES string of the molecule is Nc1ccc2c(c1)CNc1ccc(N)cc1CN2. The van der Waals surface area contributed by atoms with Crippen LogP contribution in [-0.4, -0.2) is 0 Å². The van der Waals surface area contributed by atoms with Gasteiger partial charge in [0.15, 0.2) is 0 Å². The van der Waals surface area contributed by atoms with E-state index in [1.54, 1.807) is 0 Å². The van der Waals surface area contributed by atoms with Crippen LogP contribution < -0.4 is 22.1 Å². The van der Waals surface area contributed by atoms with Crippen molar-refractivity contribution in [3.8, 4) is 0 Å². The maximum absolute atomic E-state index is 5.81. The van der Waals surface area contributed by atoms with Gasteiger partial charge in [0.1, 0.15) is 0 Å². The van der Waals surface area contributed by atoms with E-state index in [1.165, 1.54) is 11.1 Å². The van der Waals surface area contributed by atoms with E-state index in [2.05, 4.69) is 10.6 Å². The minimum absolute atomic E-state index is 0.754. The molecule has 0 saturated heterocycles. The average molecular weight is 240 g/mol. The van der Waals surface area contributed by atoms with Crippen LogP contribution in [0.1, 0.15) is 11.1 Å². The Hall–Kier alpha value is -2.36. The number of hydrogen-bond acceptors (Lipinski definition) is 4. The van der Waals surface area contributed by atoms with Crippen LogP contribution in [0, 0.1) is 0 Å². The summed E-state index contributed by atoms with van der Waals surface area (Å²) in [5.74, 6) is 0. The van der Waals surface area contributed by atoms with E-state index in [0.717, 1.165) is 35.8 Å². The van der Waals surface area contributed by atoms with Gasteiger partial charge in [-0.15, -0.1) is 0 Å². The number of benzene rings is 2. The number of nitrogens with one attached hydrogen (secondary N) is 2. The third kappa shape index (κ3) is 1.93. The number of rotatable bonds is 0. The topological polar surface area (TPSA) is 76.1 Å². The molecule has 2 aromatic rings. The van der Waals surface area contributed by atoms with Crippen LogP contribution in [0.5, 0.6) is 0 Å². The lowest BCUT2D eigenvalue weighted by Gasteiger charge is -2.20. The Morgan fingerprint density at radius 3 is 1.61 bits per heavy atom. The molecule has 2 aromatic carbocycles. The van der Waals surface area contributed by atoms with Crippen LogP contribution in [0.4, 0.5) is 22.7 Å². The number of anilines is 4. The van der Waals surface area contributed by atoms with Crippen LogP contribution in [0.3, 0.4) is 0 Å². The molecule has 0 spiro atoms. The van der Waals surface area contributed by atoms with E-state index in [0.29, 0.717) is 0 Å². The smallest absolute Gasteiger partial charge is 0.0422 e. The zero-order valence-corrected chi connectivity index (χ0v) is 10.0. The monoisotopic (exact) mass is 240 g/mol. The molecule has 0 aromatic heterocycles. The summed E-state index contributed by atoms with van der Waals surface area (Å²) >= 11 is 0. The van der Waals surface area contributed by atoms with Crippen molar-refractivity contribution in [3.63, 3.8) is 0 Å². The number of hydrogen-bond donors (Lipinski definition) is 4. The fourth-order valence-corrected chi connectivity index (χ4v) is 2.25. The van der Waals surface area contributed by atoms with Gasteiger partial charge in [-0.25, -0.2) is 0 Å². The van der Waals surface area contributed by atoms with Crippen molar-refractivity contribution >= 4 is 22.7 Å². The van der Waals surface area contributed by atoms with Gasteiger partial charge in [0.25, 0.3) is 0 Å². The lowest BCUT2D eigenvalue weighted by atomic mass is 10.1. The molecule has 0 saturated carbocycles. The second-order valence-electron chi connectivity index (χ2n) is 4.54. The van der Waals surface area contributed by atoms with Crippen molar-refractivity contribution in [2.75, 3.05) is 22.1 Å². The van der Waals surface area contributed by atoms with Crippen LogP contribution >= 0.6 is 0 Å². The van der Waals surface area contributed by atoms with Crippen LogP contribution in [0.25, 0.3) is 0 Å². The summed E-state index contributed by atoms with van der Waals surface area (Å²) in [6.45, 7) is 1.51. The minimum Gasteiger partial charge on any atom is -0.399 e. The molecule has 4 nitrogen and oxygen atoms in total. The van der Waals surface area contributed by atoms with Gasteiger partial charge in [0.2, 0.25) is 0 Å². The number of fused-ring (bicyclic) bond motifs is 2. The maximum atomic E-state index is 5.81. The predicted molar refractivity (Wildman–Crippen MR) is 76.4 cm³/mol. The number of nitrogen functional groups attached to an aromatic ring is 2. The largest absolute Gasteiger partial charge is 0.399 e. The van der Waals surface area contributed by atoms with Crippen molar-refractivity contribution in [1.29, 1.82) is 0 Å². The van der Waals surface area contributed by atoms with Gasteiger partial charge < -0.3 is 22.1 Å². The molecule has 1 aliphatic heterocycles. The summed E-state index contributed by atoms with van der Waals surface area (Å²) in [6.07, 6.45) is 0. The van der Waals surface area contributed by atoms with Gasteiger partial charge in [0.05, 0.1) is 0 Å². The second kappa shape index (κ2) is 4.14. The van der Waals surface area contributed by atoms with E-state index in [4.69, 9.17) is 11.5 Å². The Kier molecular flexibility index (Phi) is 2.48. The summed E-state index contributed by atoms with van der Waals surface area (Å²) in [5.41, 5.74) is 17.8. The molecule has 0 radical (unpaired) electrons. The van der Waals surface area contributed by atoms with Crippen molar-refractivity contribution < 1.29 is 0 Å². The van der Waals surface area contributed by atoms with Crippen LogP contribution in [0.15, 0.2) is 36.4 Å². The molecule has 0 unspecified atom stereocenters. The zero-order chi connectivity index (χ0) is 12.5. The summed E-state index contributed by atoms with van der Waals surface area (Å²) in [5, 5.41) is 6.85. The summed E-state index contributed by atoms with van der Waals surface area (Å²) in [7, 11) is 0. The highest BCUT2D eigenvalue weighted by molar-refractivity contribution is 5.65. The molecule has 0 atom stereocenters. The standard InChI is InChI=1S/C14H16N4/c15-11-1-3-13-9(5-11)7-18-14-4-2-12(16)6-10(14)8-17-13/h1-6,17-18H,7-8,15-16H2. The predicted octanol–water partition coefficient (Wildman–Crippen LogP) is 2.39. The molecule has 6 N–H and O–H groups in total. The summed E-state index contributed by atoms with van der Waals surface area (Å²) < 4.78 is 0. The van der Waals surface area contributed by atoms with Gasteiger partial charge in [-0.3, -0.25) is 0 Å². The van der Waals surface area contributed by atoms with Crippen molar-refractivity contribution in [1.82, 2.24) is 0 Å². The van der Waals surface area contributed by atoms with E-state index in [9.17, 15) is 0 Å². The highest BCUT2D eigenvalue weighted by Gasteiger charge is 2.10. The molecular formula is C14H16N4. The molecule has 3 rings (SSSR count). The first kappa shape index (κ1) is 10.8. The van der Waals surface area contributed by atoms with Crippen molar-refractivity contribution in [2.45, 2.75) is 13.1 Å². The molecule has 1 heterocycles. The first-order valence-electron chi connectivity index (χ1n) is 5.97.